The third-order valence-electron chi connectivity index (χ3n) is 3.07. The van der Waals surface area contributed by atoms with Crippen LogP contribution < -0.4 is 0 Å². The van der Waals surface area contributed by atoms with Crippen LogP contribution in [0.1, 0.15) is 51.0 Å². The fourth-order valence-corrected chi connectivity index (χ4v) is 3.05. The Morgan fingerprint density at radius 3 is 2.81 bits per heavy atom. The van der Waals surface area contributed by atoms with Crippen molar-refractivity contribution in [2.75, 3.05) is 0 Å². The second-order valence-corrected chi connectivity index (χ2v) is 5.01. The van der Waals surface area contributed by atoms with Crippen LogP contribution in [0.4, 0.5) is 0 Å². The van der Waals surface area contributed by atoms with Crippen molar-refractivity contribution in [1.29, 1.82) is 0 Å². The quantitative estimate of drug-likeness (QED) is 0.767. The first kappa shape index (κ1) is 11.5. The van der Waals surface area contributed by atoms with Crippen molar-refractivity contribution in [1.82, 2.24) is 9.97 Å². The summed E-state index contributed by atoms with van der Waals surface area (Å²) in [6, 6.07) is 0. The van der Waals surface area contributed by atoms with E-state index in [1.165, 1.54) is 31.2 Å². The Bertz CT molecular complexity index is 450. The first-order chi connectivity index (χ1) is 7.86. The van der Waals surface area contributed by atoms with Crippen molar-refractivity contribution in [3.05, 3.63) is 23.3 Å². The fraction of sp³-hybridized carbons (Fsp3) is 0.538. The van der Waals surface area contributed by atoms with E-state index in [1.54, 1.807) is 23.7 Å². The van der Waals surface area contributed by atoms with Crippen LogP contribution in [0.25, 0.3) is 10.3 Å². The van der Waals surface area contributed by atoms with Gasteiger partial charge in [-0.1, -0.05) is 26.7 Å². The summed E-state index contributed by atoms with van der Waals surface area (Å²) in [7, 11) is 0. The van der Waals surface area contributed by atoms with E-state index in [-0.39, 0.29) is 0 Å². The molecular weight excluding hydrogens is 216 g/mol. The summed E-state index contributed by atoms with van der Waals surface area (Å²) < 4.78 is 0. The molecule has 3 heteroatoms. The zero-order valence-corrected chi connectivity index (χ0v) is 10.8. The summed E-state index contributed by atoms with van der Waals surface area (Å²) in [5.41, 5.74) is 2.53. The third kappa shape index (κ3) is 2.24. The van der Waals surface area contributed by atoms with Gasteiger partial charge in [0.15, 0.2) is 0 Å². The zero-order valence-electron chi connectivity index (χ0n) is 9.94. The Hall–Kier alpha value is -0.960. The molecule has 0 radical (unpaired) electrons. The number of nitrogens with zero attached hydrogens (tertiary/aromatic N) is 2. The third-order valence-corrected chi connectivity index (χ3v) is 3.97. The Morgan fingerprint density at radius 2 is 2.06 bits per heavy atom. The summed E-state index contributed by atoms with van der Waals surface area (Å²) in [6.07, 6.45) is 8.61. The lowest BCUT2D eigenvalue weighted by atomic mass is 9.93. The predicted molar refractivity (Wildman–Crippen MR) is 70.0 cm³/mol. The molecule has 0 fully saturated rings. The van der Waals surface area contributed by atoms with E-state index < -0.39 is 0 Å². The summed E-state index contributed by atoms with van der Waals surface area (Å²) in [6.45, 7) is 4.51. The smallest absolute Gasteiger partial charge is 0.142 e. The van der Waals surface area contributed by atoms with Crippen LogP contribution in [0.15, 0.2) is 17.8 Å². The van der Waals surface area contributed by atoms with Crippen molar-refractivity contribution in [3.8, 4) is 0 Å². The van der Waals surface area contributed by atoms with Crippen molar-refractivity contribution >= 4 is 21.7 Å². The lowest BCUT2D eigenvalue weighted by Crippen LogP contribution is -1.97. The van der Waals surface area contributed by atoms with Crippen molar-refractivity contribution < 1.29 is 0 Å². The molecule has 0 saturated heterocycles. The average Bonchev–Trinajstić information content (AvgIpc) is 2.75. The highest BCUT2D eigenvalue weighted by Crippen LogP contribution is 2.33. The van der Waals surface area contributed by atoms with Crippen LogP contribution >= 0.6 is 11.3 Å². The maximum Gasteiger partial charge on any atom is 0.142 e. The standard InChI is InChI=1S/C13H18N2S/c1-3-5-6-10(4-2)11-9-16-13-12(11)14-7-8-15-13/h7-10H,3-6H2,1-2H3. The maximum atomic E-state index is 4.47. The van der Waals surface area contributed by atoms with E-state index in [9.17, 15) is 0 Å². The SMILES string of the molecule is CCCCC(CC)c1csc2nccnc12. The van der Waals surface area contributed by atoms with Gasteiger partial charge in [0.05, 0.1) is 0 Å². The molecule has 16 heavy (non-hydrogen) atoms. The molecule has 2 aromatic rings. The van der Waals surface area contributed by atoms with Crippen molar-refractivity contribution in [2.45, 2.75) is 45.4 Å². The minimum absolute atomic E-state index is 0.658. The molecule has 0 bridgehead atoms. The lowest BCUT2D eigenvalue weighted by Gasteiger charge is -2.12. The van der Waals surface area contributed by atoms with E-state index in [0.717, 1.165) is 10.3 Å². The van der Waals surface area contributed by atoms with Gasteiger partial charge in [0.2, 0.25) is 0 Å². The first-order valence-electron chi connectivity index (χ1n) is 6.04. The summed E-state index contributed by atoms with van der Waals surface area (Å²) in [5, 5.41) is 2.24. The molecular formula is C13H18N2S. The van der Waals surface area contributed by atoms with Gasteiger partial charge in [-0.2, -0.15) is 0 Å². The Balaban J connectivity index is 2.30. The van der Waals surface area contributed by atoms with Crippen LogP contribution in [-0.4, -0.2) is 9.97 Å². The zero-order chi connectivity index (χ0) is 11.4. The molecule has 0 aliphatic heterocycles. The van der Waals surface area contributed by atoms with E-state index in [4.69, 9.17) is 0 Å². The summed E-state index contributed by atoms with van der Waals surface area (Å²) in [4.78, 5) is 9.90. The van der Waals surface area contributed by atoms with Gasteiger partial charge < -0.3 is 0 Å². The lowest BCUT2D eigenvalue weighted by molar-refractivity contribution is 0.573. The number of hydrogen-bond donors (Lipinski definition) is 0. The molecule has 0 amide bonds. The molecule has 0 saturated carbocycles. The second-order valence-electron chi connectivity index (χ2n) is 4.15. The normalized spacial score (nSPS) is 13.1. The number of hydrogen-bond acceptors (Lipinski definition) is 3. The average molecular weight is 234 g/mol. The van der Waals surface area contributed by atoms with E-state index in [0.29, 0.717) is 5.92 Å². The minimum atomic E-state index is 0.658. The number of aromatic nitrogens is 2. The number of rotatable bonds is 5. The molecule has 0 spiro atoms. The fourth-order valence-electron chi connectivity index (χ4n) is 2.10. The molecule has 2 heterocycles. The second kappa shape index (κ2) is 5.39. The highest BCUT2D eigenvalue weighted by molar-refractivity contribution is 7.16. The van der Waals surface area contributed by atoms with Crippen LogP contribution in [0.5, 0.6) is 0 Å². The minimum Gasteiger partial charge on any atom is -0.252 e. The van der Waals surface area contributed by atoms with Gasteiger partial charge in [0.1, 0.15) is 10.3 Å². The Kier molecular flexibility index (Phi) is 3.88. The van der Waals surface area contributed by atoms with Gasteiger partial charge in [-0.05, 0) is 29.7 Å². The van der Waals surface area contributed by atoms with Crippen LogP contribution in [0, 0.1) is 0 Å². The highest BCUT2D eigenvalue weighted by Gasteiger charge is 2.15. The largest absolute Gasteiger partial charge is 0.252 e. The number of fused-ring (bicyclic) bond motifs is 1. The molecule has 0 aliphatic carbocycles. The Morgan fingerprint density at radius 1 is 1.25 bits per heavy atom. The highest BCUT2D eigenvalue weighted by atomic mass is 32.1. The van der Waals surface area contributed by atoms with Crippen molar-refractivity contribution in [3.63, 3.8) is 0 Å². The topological polar surface area (TPSA) is 25.8 Å². The van der Waals surface area contributed by atoms with Crippen LogP contribution in [-0.2, 0) is 0 Å². The van der Waals surface area contributed by atoms with E-state index >= 15 is 0 Å². The van der Waals surface area contributed by atoms with Crippen LogP contribution in [0.2, 0.25) is 0 Å². The van der Waals surface area contributed by atoms with Gasteiger partial charge in [0.25, 0.3) is 0 Å². The van der Waals surface area contributed by atoms with Gasteiger partial charge >= 0.3 is 0 Å². The molecule has 2 nitrogen and oxygen atoms in total. The van der Waals surface area contributed by atoms with E-state index in [2.05, 4.69) is 29.2 Å². The van der Waals surface area contributed by atoms with Gasteiger partial charge in [-0.25, -0.2) is 4.98 Å². The molecule has 86 valence electrons. The van der Waals surface area contributed by atoms with Gasteiger partial charge in [0, 0.05) is 12.4 Å². The maximum absolute atomic E-state index is 4.47. The molecule has 2 rings (SSSR count). The molecule has 0 N–H and O–H groups in total. The monoisotopic (exact) mass is 234 g/mol. The molecule has 0 aliphatic rings. The van der Waals surface area contributed by atoms with Crippen molar-refractivity contribution in [2.24, 2.45) is 0 Å². The summed E-state index contributed by atoms with van der Waals surface area (Å²) in [5.74, 6) is 0.658. The molecule has 0 aromatic carbocycles. The first-order valence-corrected chi connectivity index (χ1v) is 6.92. The predicted octanol–water partition coefficient (Wildman–Crippen LogP) is 4.38. The number of unbranched alkanes of at least 4 members (excludes halogenated alkanes) is 1. The molecule has 1 unspecified atom stereocenters. The van der Waals surface area contributed by atoms with Crippen LogP contribution in [0.3, 0.4) is 0 Å². The molecule has 2 aromatic heterocycles. The van der Waals surface area contributed by atoms with Gasteiger partial charge in [-0.15, -0.1) is 11.3 Å². The Labute approximate surface area is 101 Å². The van der Waals surface area contributed by atoms with Gasteiger partial charge in [-0.3, -0.25) is 4.98 Å². The molecule has 1 atom stereocenters. The summed E-state index contributed by atoms with van der Waals surface area (Å²) >= 11 is 1.72. The number of thiophene rings is 1. The van der Waals surface area contributed by atoms with E-state index in [1.807, 2.05) is 0 Å².